The first-order valence-corrected chi connectivity index (χ1v) is 6.01. The Morgan fingerprint density at radius 1 is 1.37 bits per heavy atom. The van der Waals surface area contributed by atoms with Gasteiger partial charge in [-0.25, -0.2) is 0 Å². The van der Waals surface area contributed by atoms with Gasteiger partial charge in [-0.3, -0.25) is 0 Å². The molecule has 4 nitrogen and oxygen atoms in total. The van der Waals surface area contributed by atoms with Crippen LogP contribution in [0.5, 0.6) is 17.4 Å². The highest BCUT2D eigenvalue weighted by molar-refractivity contribution is 7.03. The van der Waals surface area contributed by atoms with Crippen LogP contribution in [-0.2, 0) is 0 Å². The van der Waals surface area contributed by atoms with Gasteiger partial charge in [-0.1, -0.05) is 0 Å². The van der Waals surface area contributed by atoms with Gasteiger partial charge in [0.15, 0.2) is 0 Å². The molecule has 1 aromatic carbocycles. The number of nitriles is 1. The van der Waals surface area contributed by atoms with Crippen molar-refractivity contribution in [3.63, 3.8) is 0 Å². The Balaban J connectivity index is 0.000000146. The van der Waals surface area contributed by atoms with Gasteiger partial charge in [-0.15, -0.1) is 0 Å². The van der Waals surface area contributed by atoms with Crippen LogP contribution in [0, 0.1) is 18.3 Å². The molecule has 7 heteroatoms. The van der Waals surface area contributed by atoms with Crippen LogP contribution in [0.3, 0.4) is 0 Å². The van der Waals surface area contributed by atoms with Crippen molar-refractivity contribution in [3.05, 3.63) is 34.7 Å². The standard InChI is InChI=1S/C7H6O.C5H2F2N2OS/c1-5-2-6-4-7(3-5)8-6;6-5(7)10-4-3(1-8)2-11-9-4/h2-4H,1H3;2,5H. The lowest BCUT2D eigenvalue weighted by molar-refractivity contribution is -0.0524. The quantitative estimate of drug-likeness (QED) is 0.719. The minimum Gasteiger partial charge on any atom is -0.457 e. The summed E-state index contributed by atoms with van der Waals surface area (Å²) in [6.07, 6.45) is 0. The molecule has 0 unspecified atom stereocenters. The maximum Gasteiger partial charge on any atom is 0.388 e. The highest BCUT2D eigenvalue weighted by Crippen LogP contribution is 2.35. The number of nitrogens with zero attached hydrogens (tertiary/aromatic N) is 2. The fraction of sp³-hybridized carbons (Fsp3) is 0.167. The van der Waals surface area contributed by atoms with Gasteiger partial charge in [-0.05, 0) is 36.2 Å². The molecular formula is C12H8F2N2O2S. The Morgan fingerprint density at radius 2 is 2.00 bits per heavy atom. The van der Waals surface area contributed by atoms with Crippen LogP contribution in [0.1, 0.15) is 11.1 Å². The number of alkyl halides is 2. The smallest absolute Gasteiger partial charge is 0.388 e. The van der Waals surface area contributed by atoms with E-state index in [1.54, 1.807) is 6.07 Å². The summed E-state index contributed by atoms with van der Waals surface area (Å²) in [4.78, 5) is 0. The zero-order valence-corrected chi connectivity index (χ0v) is 10.6. The third-order valence-corrected chi connectivity index (χ3v) is 2.73. The number of rotatable bonds is 2. The molecule has 0 N–H and O–H groups in total. The maximum absolute atomic E-state index is 11.5. The molecule has 0 saturated heterocycles. The van der Waals surface area contributed by atoms with E-state index in [1.165, 1.54) is 10.9 Å². The average molecular weight is 282 g/mol. The molecule has 98 valence electrons. The van der Waals surface area contributed by atoms with Crippen molar-refractivity contribution in [2.24, 2.45) is 0 Å². The Hall–Kier alpha value is -2.20. The second-order valence-corrected chi connectivity index (χ2v) is 4.24. The van der Waals surface area contributed by atoms with Gasteiger partial charge in [0.1, 0.15) is 23.1 Å². The van der Waals surface area contributed by atoms with E-state index in [9.17, 15) is 8.78 Å². The van der Waals surface area contributed by atoms with Crippen molar-refractivity contribution < 1.29 is 18.3 Å². The molecule has 19 heavy (non-hydrogen) atoms. The Kier molecular flexibility index (Phi) is 3.92. The largest absolute Gasteiger partial charge is 0.457 e. The van der Waals surface area contributed by atoms with E-state index < -0.39 is 6.61 Å². The molecule has 3 heterocycles. The number of hydrogen-bond donors (Lipinski definition) is 0. The summed E-state index contributed by atoms with van der Waals surface area (Å²) < 4.78 is 35.5. The van der Waals surface area contributed by atoms with Gasteiger partial charge in [0.25, 0.3) is 0 Å². The molecule has 1 aromatic heterocycles. The molecule has 0 aliphatic carbocycles. The zero-order chi connectivity index (χ0) is 13.8. The van der Waals surface area contributed by atoms with Gasteiger partial charge < -0.3 is 9.47 Å². The maximum atomic E-state index is 11.5. The fourth-order valence-electron chi connectivity index (χ4n) is 1.38. The summed E-state index contributed by atoms with van der Waals surface area (Å²) in [5.41, 5.74) is 1.32. The van der Waals surface area contributed by atoms with Crippen LogP contribution in [0.15, 0.2) is 23.6 Å². The second kappa shape index (κ2) is 5.63. The van der Waals surface area contributed by atoms with Crippen LogP contribution in [0.25, 0.3) is 0 Å². The van der Waals surface area contributed by atoms with Crippen molar-refractivity contribution in [1.29, 1.82) is 5.26 Å². The SMILES string of the molecule is Cc1cc2cc(c1)O2.N#Cc1csnc1OC(F)F. The number of ether oxygens (including phenoxy) is 2. The zero-order valence-electron chi connectivity index (χ0n) is 9.76. The molecule has 2 aliphatic rings. The number of hydrogen-bond acceptors (Lipinski definition) is 5. The van der Waals surface area contributed by atoms with Gasteiger partial charge in [-0.2, -0.15) is 18.4 Å². The second-order valence-electron chi connectivity index (χ2n) is 3.61. The van der Waals surface area contributed by atoms with E-state index >= 15 is 0 Å². The van der Waals surface area contributed by atoms with Crippen molar-refractivity contribution in [1.82, 2.24) is 4.37 Å². The van der Waals surface area contributed by atoms with Crippen LogP contribution >= 0.6 is 11.5 Å². The van der Waals surface area contributed by atoms with Crippen molar-refractivity contribution in [2.45, 2.75) is 13.5 Å². The number of halogens is 2. The lowest BCUT2D eigenvalue weighted by Gasteiger charge is -2.16. The molecule has 0 saturated carbocycles. The van der Waals surface area contributed by atoms with Crippen molar-refractivity contribution >= 4 is 11.5 Å². The summed E-state index contributed by atoms with van der Waals surface area (Å²) >= 11 is 0.902. The first-order valence-electron chi connectivity index (χ1n) is 5.17. The van der Waals surface area contributed by atoms with E-state index in [2.05, 4.69) is 16.0 Å². The van der Waals surface area contributed by atoms with Crippen LogP contribution in [-0.4, -0.2) is 11.0 Å². The highest BCUT2D eigenvalue weighted by atomic mass is 32.1. The van der Waals surface area contributed by atoms with E-state index in [1.807, 2.05) is 18.2 Å². The summed E-state index contributed by atoms with van der Waals surface area (Å²) in [5, 5.41) is 9.66. The first kappa shape index (κ1) is 13.2. The monoisotopic (exact) mass is 282 g/mol. The Labute approximate surface area is 112 Å². The van der Waals surface area contributed by atoms with Gasteiger partial charge in [0.2, 0.25) is 5.88 Å². The first-order chi connectivity index (χ1) is 9.08. The van der Waals surface area contributed by atoms with Crippen LogP contribution in [0.2, 0.25) is 0 Å². The average Bonchev–Trinajstić information content (AvgIpc) is 2.74. The molecule has 0 amide bonds. The molecular weight excluding hydrogens is 274 g/mol. The number of benzene rings is 1. The molecule has 0 fully saturated rings. The molecule has 0 atom stereocenters. The topological polar surface area (TPSA) is 55.1 Å². The van der Waals surface area contributed by atoms with Gasteiger partial charge in [0, 0.05) is 11.4 Å². The summed E-state index contributed by atoms with van der Waals surface area (Å²) in [7, 11) is 0. The number of fused-ring (bicyclic) bond motifs is 2. The van der Waals surface area contributed by atoms with E-state index in [-0.39, 0.29) is 11.4 Å². The van der Waals surface area contributed by atoms with Gasteiger partial charge in [0.05, 0.1) is 0 Å². The highest BCUT2D eigenvalue weighted by Gasteiger charge is 2.11. The predicted octanol–water partition coefficient (Wildman–Crippen LogP) is 3.72. The molecule has 0 radical (unpaired) electrons. The Morgan fingerprint density at radius 3 is 2.42 bits per heavy atom. The minimum atomic E-state index is -2.93. The summed E-state index contributed by atoms with van der Waals surface area (Å²) in [5.74, 6) is 1.70. The Bertz CT molecular complexity index is 601. The van der Waals surface area contributed by atoms with Crippen molar-refractivity contribution in [2.75, 3.05) is 0 Å². The number of aromatic nitrogens is 1. The molecule has 0 spiro atoms. The van der Waals surface area contributed by atoms with E-state index in [4.69, 9.17) is 10.00 Å². The normalized spacial score (nSPS) is 10.7. The van der Waals surface area contributed by atoms with Crippen molar-refractivity contribution in [3.8, 4) is 23.4 Å². The molecule has 2 aromatic rings. The predicted molar refractivity (Wildman–Crippen MR) is 64.7 cm³/mol. The van der Waals surface area contributed by atoms with E-state index in [0.717, 1.165) is 23.0 Å². The lowest BCUT2D eigenvalue weighted by atomic mass is 10.2. The number of aryl methyl sites for hydroxylation is 1. The molecule has 2 aliphatic heterocycles. The van der Waals surface area contributed by atoms with Crippen LogP contribution < -0.4 is 9.47 Å². The summed E-state index contributed by atoms with van der Waals surface area (Å²) in [6, 6.07) is 7.73. The summed E-state index contributed by atoms with van der Waals surface area (Å²) in [6.45, 7) is -0.862. The third-order valence-electron chi connectivity index (χ3n) is 2.12. The third kappa shape index (κ3) is 3.39. The molecule has 4 rings (SSSR count). The lowest BCUT2D eigenvalue weighted by Crippen LogP contribution is -2.02. The minimum absolute atomic E-state index is 0.0373. The van der Waals surface area contributed by atoms with Gasteiger partial charge >= 0.3 is 6.61 Å². The molecule has 2 bridgehead atoms. The van der Waals surface area contributed by atoms with E-state index in [0.29, 0.717) is 0 Å². The fourth-order valence-corrected chi connectivity index (χ4v) is 1.93. The van der Waals surface area contributed by atoms with Crippen LogP contribution in [0.4, 0.5) is 8.78 Å².